The number of nitrogens with zero attached hydrogens (tertiary/aromatic N) is 1. The molecule has 5 nitrogen and oxygen atoms in total. The fraction of sp³-hybridized carbons (Fsp3) is 0.538. The Balaban J connectivity index is 2.09. The van der Waals surface area contributed by atoms with E-state index in [1.165, 1.54) is 0 Å². The van der Waals surface area contributed by atoms with Crippen molar-refractivity contribution in [1.29, 1.82) is 0 Å². The molecule has 21 heavy (non-hydrogen) atoms. The van der Waals surface area contributed by atoms with E-state index in [1.807, 2.05) is 6.92 Å². The van der Waals surface area contributed by atoms with E-state index in [-0.39, 0.29) is 18.3 Å². The highest BCUT2D eigenvalue weighted by atomic mass is 79.9. The zero-order valence-electron chi connectivity index (χ0n) is 11.8. The average molecular weight is 380 g/mol. The van der Waals surface area contributed by atoms with Gasteiger partial charge in [0.05, 0.1) is 0 Å². The van der Waals surface area contributed by atoms with Crippen LogP contribution in [-0.2, 0) is 10.0 Å². The smallest absolute Gasteiger partial charge is 0.243 e. The molecule has 0 bridgehead atoms. The number of halogens is 2. The van der Waals surface area contributed by atoms with Crippen LogP contribution in [0.5, 0.6) is 0 Å². The molecule has 1 aromatic rings. The van der Waals surface area contributed by atoms with E-state index in [0.717, 1.165) is 38.1 Å². The molecule has 0 spiro atoms. The molecule has 1 unspecified atom stereocenters. The quantitative estimate of drug-likeness (QED) is 0.766. The number of nitrogens with one attached hydrogen (secondary N) is 1. The third kappa shape index (κ3) is 3.94. The Labute approximate surface area is 132 Å². The highest BCUT2D eigenvalue weighted by Gasteiger charge is 2.23. The number of rotatable bonds is 5. The summed E-state index contributed by atoms with van der Waals surface area (Å²) >= 11 is 3.07. The van der Waals surface area contributed by atoms with Crippen LogP contribution in [0.15, 0.2) is 21.5 Å². The molecule has 1 aromatic carbocycles. The number of nitrogen functional groups attached to an aromatic ring is 1. The third-order valence-electron chi connectivity index (χ3n) is 3.67. The van der Waals surface area contributed by atoms with Crippen molar-refractivity contribution >= 4 is 31.6 Å². The minimum Gasteiger partial charge on any atom is -0.398 e. The van der Waals surface area contributed by atoms with Crippen molar-refractivity contribution in [2.24, 2.45) is 0 Å². The number of sulfonamides is 1. The maximum absolute atomic E-state index is 13.8. The topological polar surface area (TPSA) is 75.4 Å². The van der Waals surface area contributed by atoms with E-state index in [4.69, 9.17) is 5.73 Å². The fourth-order valence-corrected chi connectivity index (χ4v) is 3.90. The summed E-state index contributed by atoms with van der Waals surface area (Å²) in [5.74, 6) is -0.822. The summed E-state index contributed by atoms with van der Waals surface area (Å²) in [5, 5.41) is 0. The summed E-state index contributed by atoms with van der Waals surface area (Å²) in [5.41, 5.74) is 5.81. The molecule has 0 saturated carbocycles. The van der Waals surface area contributed by atoms with Crippen LogP contribution in [0.1, 0.15) is 19.8 Å². The van der Waals surface area contributed by atoms with Gasteiger partial charge in [0.1, 0.15) is 10.7 Å². The Hall–Kier alpha value is -0.700. The SMILES string of the molecule is CC(CNS(=O)(=O)c1cc(N)c(Br)cc1F)N1CCCC1. The first-order valence-electron chi connectivity index (χ1n) is 6.79. The van der Waals surface area contributed by atoms with E-state index in [1.54, 1.807) is 0 Å². The van der Waals surface area contributed by atoms with Gasteiger partial charge >= 0.3 is 0 Å². The van der Waals surface area contributed by atoms with Gasteiger partial charge < -0.3 is 5.73 Å². The number of nitrogens with two attached hydrogens (primary N) is 1. The van der Waals surface area contributed by atoms with Gasteiger partial charge in [-0.1, -0.05) is 0 Å². The van der Waals surface area contributed by atoms with Crippen molar-refractivity contribution in [3.8, 4) is 0 Å². The van der Waals surface area contributed by atoms with Crippen LogP contribution in [0.3, 0.4) is 0 Å². The second-order valence-corrected chi connectivity index (χ2v) is 7.84. The van der Waals surface area contributed by atoms with Gasteiger partial charge in [-0.15, -0.1) is 0 Å². The monoisotopic (exact) mass is 379 g/mol. The highest BCUT2D eigenvalue weighted by Crippen LogP contribution is 2.26. The lowest BCUT2D eigenvalue weighted by Crippen LogP contribution is -2.40. The number of benzene rings is 1. The van der Waals surface area contributed by atoms with Crippen LogP contribution in [-0.4, -0.2) is 39.0 Å². The zero-order valence-corrected chi connectivity index (χ0v) is 14.2. The molecule has 1 atom stereocenters. The van der Waals surface area contributed by atoms with Gasteiger partial charge in [-0.2, -0.15) is 0 Å². The van der Waals surface area contributed by atoms with E-state index in [0.29, 0.717) is 4.47 Å². The molecule has 0 aromatic heterocycles. The molecule has 0 amide bonds. The maximum atomic E-state index is 13.8. The zero-order chi connectivity index (χ0) is 15.6. The van der Waals surface area contributed by atoms with Crippen molar-refractivity contribution in [3.05, 3.63) is 22.4 Å². The molecule has 0 radical (unpaired) electrons. The number of anilines is 1. The van der Waals surface area contributed by atoms with Crippen LogP contribution in [0.2, 0.25) is 0 Å². The molecule has 1 aliphatic heterocycles. The first-order chi connectivity index (χ1) is 9.81. The van der Waals surface area contributed by atoms with Crippen molar-refractivity contribution in [2.45, 2.75) is 30.7 Å². The lowest BCUT2D eigenvalue weighted by atomic mass is 10.3. The van der Waals surface area contributed by atoms with Gasteiger partial charge in [-0.05, 0) is 60.9 Å². The van der Waals surface area contributed by atoms with Gasteiger partial charge in [0.2, 0.25) is 10.0 Å². The normalized spacial score (nSPS) is 18.0. The van der Waals surface area contributed by atoms with E-state index < -0.39 is 20.7 Å². The maximum Gasteiger partial charge on any atom is 0.243 e. The van der Waals surface area contributed by atoms with Crippen molar-refractivity contribution < 1.29 is 12.8 Å². The Morgan fingerprint density at radius 1 is 1.43 bits per heavy atom. The largest absolute Gasteiger partial charge is 0.398 e. The minimum absolute atomic E-state index is 0.0816. The first kappa shape index (κ1) is 16.7. The molecule has 1 aliphatic rings. The van der Waals surface area contributed by atoms with Crippen molar-refractivity contribution in [1.82, 2.24) is 9.62 Å². The van der Waals surface area contributed by atoms with E-state index >= 15 is 0 Å². The van der Waals surface area contributed by atoms with Gasteiger partial charge in [0.15, 0.2) is 0 Å². The molecule has 1 saturated heterocycles. The summed E-state index contributed by atoms with van der Waals surface area (Å²) in [6.45, 7) is 4.16. The van der Waals surface area contributed by atoms with E-state index in [9.17, 15) is 12.8 Å². The van der Waals surface area contributed by atoms with E-state index in [2.05, 4.69) is 25.6 Å². The van der Waals surface area contributed by atoms with Crippen LogP contribution < -0.4 is 10.5 Å². The Bertz CT molecular complexity index is 618. The molecule has 1 fully saturated rings. The second-order valence-electron chi connectivity index (χ2n) is 5.25. The standard InChI is InChI=1S/C13H19BrFN3O2S/c1-9(18-4-2-3-5-18)8-17-21(19,20)13-7-12(16)10(14)6-11(13)15/h6-7,9,17H,2-5,8,16H2,1H3. The van der Waals surface area contributed by atoms with Crippen molar-refractivity contribution in [3.63, 3.8) is 0 Å². The highest BCUT2D eigenvalue weighted by molar-refractivity contribution is 9.10. The molecule has 2 rings (SSSR count). The number of hydrogen-bond donors (Lipinski definition) is 2. The summed E-state index contributed by atoms with van der Waals surface area (Å²) < 4.78 is 41.0. The Morgan fingerprint density at radius 3 is 2.67 bits per heavy atom. The summed E-state index contributed by atoms with van der Waals surface area (Å²) in [6, 6.07) is 2.27. The van der Waals surface area contributed by atoms with Gasteiger partial charge in [0, 0.05) is 22.7 Å². The van der Waals surface area contributed by atoms with Gasteiger partial charge in [-0.3, -0.25) is 4.90 Å². The second kappa shape index (κ2) is 6.60. The minimum atomic E-state index is -3.91. The number of likely N-dealkylation sites (tertiary alicyclic amines) is 1. The molecule has 0 aliphatic carbocycles. The van der Waals surface area contributed by atoms with Gasteiger partial charge in [0.25, 0.3) is 0 Å². The van der Waals surface area contributed by atoms with Crippen LogP contribution in [0.4, 0.5) is 10.1 Å². The summed E-state index contributed by atoms with van der Waals surface area (Å²) in [7, 11) is -3.91. The molecule has 118 valence electrons. The summed E-state index contributed by atoms with van der Waals surface area (Å²) in [6.07, 6.45) is 2.27. The first-order valence-corrected chi connectivity index (χ1v) is 9.07. The Kier molecular flexibility index (Phi) is 5.24. The third-order valence-corrected chi connectivity index (χ3v) is 5.80. The predicted molar refractivity (Wildman–Crippen MR) is 84.0 cm³/mol. The van der Waals surface area contributed by atoms with Crippen LogP contribution >= 0.6 is 15.9 Å². The van der Waals surface area contributed by atoms with Gasteiger partial charge in [-0.25, -0.2) is 17.5 Å². The van der Waals surface area contributed by atoms with Crippen LogP contribution in [0.25, 0.3) is 0 Å². The number of hydrogen-bond acceptors (Lipinski definition) is 4. The van der Waals surface area contributed by atoms with Crippen LogP contribution in [0, 0.1) is 5.82 Å². The molecular formula is C13H19BrFN3O2S. The Morgan fingerprint density at radius 2 is 2.05 bits per heavy atom. The molecular weight excluding hydrogens is 361 g/mol. The lowest BCUT2D eigenvalue weighted by Gasteiger charge is -2.23. The van der Waals surface area contributed by atoms with Crippen molar-refractivity contribution in [2.75, 3.05) is 25.4 Å². The predicted octanol–water partition coefficient (Wildman–Crippen LogP) is 1.93. The summed E-state index contributed by atoms with van der Waals surface area (Å²) in [4.78, 5) is 1.80. The molecule has 8 heteroatoms. The molecule has 3 N–H and O–H groups in total. The average Bonchev–Trinajstić information content (AvgIpc) is 2.94. The fourth-order valence-electron chi connectivity index (χ4n) is 2.37. The lowest BCUT2D eigenvalue weighted by molar-refractivity contribution is 0.260. The molecule has 1 heterocycles.